The van der Waals surface area contributed by atoms with E-state index in [1.165, 1.54) is 50.5 Å². The van der Waals surface area contributed by atoms with Crippen LogP contribution < -0.4 is 10.6 Å². The van der Waals surface area contributed by atoms with Crippen LogP contribution in [0.4, 0.5) is 11.6 Å². The Morgan fingerprint density at radius 2 is 1.80 bits per heavy atom. The third kappa shape index (κ3) is 6.37. The molecule has 0 amide bonds. The third-order valence-corrected chi connectivity index (χ3v) is 7.42. The number of piperidine rings is 1. The lowest BCUT2D eigenvalue weighted by Crippen LogP contribution is -2.42. The lowest BCUT2D eigenvalue weighted by Gasteiger charge is -2.32. The average molecular weight is 478 g/mol. The van der Waals surface area contributed by atoms with E-state index >= 15 is 0 Å². The molecule has 3 heterocycles. The second-order valence-electron chi connectivity index (χ2n) is 10.0. The molecule has 188 valence electrons. The van der Waals surface area contributed by atoms with Gasteiger partial charge in [0.2, 0.25) is 5.95 Å². The topological polar surface area (TPSA) is 80.1 Å². The van der Waals surface area contributed by atoms with Crippen LogP contribution in [0.25, 0.3) is 11.0 Å². The largest absolute Gasteiger partial charge is 0.385 e. The zero-order chi connectivity index (χ0) is 23.9. The molecular formula is C27H39N7O. The molecule has 8 heteroatoms. The van der Waals surface area contributed by atoms with Crippen LogP contribution in [0.5, 0.6) is 0 Å². The first kappa shape index (κ1) is 24.2. The fourth-order valence-electron chi connectivity index (χ4n) is 5.39. The molecule has 8 nitrogen and oxygen atoms in total. The van der Waals surface area contributed by atoms with Gasteiger partial charge in [0, 0.05) is 38.2 Å². The van der Waals surface area contributed by atoms with E-state index < -0.39 is 0 Å². The molecule has 1 saturated heterocycles. The molecule has 2 aromatic heterocycles. The summed E-state index contributed by atoms with van der Waals surface area (Å²) in [6, 6.07) is 9.78. The van der Waals surface area contributed by atoms with Crippen molar-refractivity contribution in [2.75, 3.05) is 38.7 Å². The predicted octanol–water partition coefficient (Wildman–Crippen LogP) is 4.67. The molecule has 35 heavy (non-hydrogen) atoms. The van der Waals surface area contributed by atoms with Gasteiger partial charge in [-0.25, -0.2) is 9.67 Å². The van der Waals surface area contributed by atoms with Crippen molar-refractivity contribution in [2.45, 2.75) is 70.0 Å². The zero-order valence-electron chi connectivity index (χ0n) is 21.0. The monoisotopic (exact) mass is 477 g/mol. The minimum atomic E-state index is 0.458. The second-order valence-corrected chi connectivity index (χ2v) is 10.0. The van der Waals surface area contributed by atoms with E-state index in [4.69, 9.17) is 9.72 Å². The summed E-state index contributed by atoms with van der Waals surface area (Å²) >= 11 is 0. The van der Waals surface area contributed by atoms with E-state index in [2.05, 4.69) is 54.6 Å². The molecule has 1 aliphatic carbocycles. The van der Waals surface area contributed by atoms with Crippen molar-refractivity contribution >= 4 is 22.7 Å². The molecule has 1 aliphatic heterocycles. The van der Waals surface area contributed by atoms with Crippen molar-refractivity contribution in [1.82, 2.24) is 30.0 Å². The quantitative estimate of drug-likeness (QED) is 0.411. The zero-order valence-corrected chi connectivity index (χ0v) is 21.0. The molecule has 0 radical (unpaired) electrons. The van der Waals surface area contributed by atoms with Gasteiger partial charge in [-0.2, -0.15) is 10.1 Å². The summed E-state index contributed by atoms with van der Waals surface area (Å²) in [4.78, 5) is 11.9. The summed E-state index contributed by atoms with van der Waals surface area (Å²) < 4.78 is 7.25. The number of hydrogen-bond acceptors (Lipinski definition) is 7. The van der Waals surface area contributed by atoms with Crippen LogP contribution in [-0.2, 0) is 11.3 Å². The fraction of sp³-hybridized carbons (Fsp3) is 0.593. The Morgan fingerprint density at radius 3 is 2.57 bits per heavy atom. The van der Waals surface area contributed by atoms with Gasteiger partial charge in [0.25, 0.3) is 0 Å². The molecule has 0 spiro atoms. The lowest BCUT2D eigenvalue weighted by atomic mass is 9.96. The molecule has 5 rings (SSSR count). The first-order valence-corrected chi connectivity index (χ1v) is 13.3. The highest BCUT2D eigenvalue weighted by Gasteiger charge is 2.20. The van der Waals surface area contributed by atoms with Crippen LogP contribution >= 0.6 is 0 Å². The van der Waals surface area contributed by atoms with Gasteiger partial charge in [-0.15, -0.1) is 0 Å². The molecule has 2 N–H and O–H groups in total. The highest BCUT2D eigenvalue weighted by atomic mass is 16.5. The SMILES string of the molecule is COCCCNC1CCN(Cc2ccc(Nc3ncc4cnn(C5CCCCC5)c4n3)cc2)CC1. The van der Waals surface area contributed by atoms with Crippen molar-refractivity contribution in [3.63, 3.8) is 0 Å². The van der Waals surface area contributed by atoms with E-state index in [1.807, 2.05) is 12.4 Å². The number of ether oxygens (including phenoxy) is 1. The van der Waals surface area contributed by atoms with Crippen LogP contribution in [0.3, 0.4) is 0 Å². The molecule has 3 aromatic rings. The number of aromatic nitrogens is 4. The van der Waals surface area contributed by atoms with Crippen molar-refractivity contribution in [1.29, 1.82) is 0 Å². The van der Waals surface area contributed by atoms with Crippen LogP contribution in [0.15, 0.2) is 36.7 Å². The highest BCUT2D eigenvalue weighted by Crippen LogP contribution is 2.30. The van der Waals surface area contributed by atoms with Gasteiger partial charge in [0.1, 0.15) is 0 Å². The smallest absolute Gasteiger partial charge is 0.229 e. The fourth-order valence-corrected chi connectivity index (χ4v) is 5.39. The summed E-state index contributed by atoms with van der Waals surface area (Å²) in [5, 5.41) is 12.7. The van der Waals surface area contributed by atoms with Crippen LogP contribution in [-0.4, -0.2) is 64.0 Å². The van der Waals surface area contributed by atoms with E-state index in [0.717, 1.165) is 55.9 Å². The maximum Gasteiger partial charge on any atom is 0.229 e. The first-order chi connectivity index (χ1) is 17.3. The lowest BCUT2D eigenvalue weighted by molar-refractivity contribution is 0.177. The Balaban J connectivity index is 1.13. The number of anilines is 2. The maximum atomic E-state index is 5.13. The minimum absolute atomic E-state index is 0.458. The number of nitrogens with one attached hydrogen (secondary N) is 2. The summed E-state index contributed by atoms with van der Waals surface area (Å²) in [5.74, 6) is 0.628. The van der Waals surface area contributed by atoms with Gasteiger partial charge in [-0.05, 0) is 69.4 Å². The van der Waals surface area contributed by atoms with Gasteiger partial charge in [-0.1, -0.05) is 31.4 Å². The highest BCUT2D eigenvalue weighted by molar-refractivity contribution is 5.75. The van der Waals surface area contributed by atoms with Crippen molar-refractivity contribution < 1.29 is 4.74 Å². The number of rotatable bonds is 10. The Kier molecular flexibility index (Phi) is 8.23. The summed E-state index contributed by atoms with van der Waals surface area (Å²) in [7, 11) is 1.77. The minimum Gasteiger partial charge on any atom is -0.385 e. The molecule has 2 aliphatic rings. The molecule has 2 fully saturated rings. The predicted molar refractivity (Wildman–Crippen MR) is 140 cm³/mol. The number of hydrogen-bond donors (Lipinski definition) is 2. The third-order valence-electron chi connectivity index (χ3n) is 7.42. The van der Waals surface area contributed by atoms with Gasteiger partial charge >= 0.3 is 0 Å². The van der Waals surface area contributed by atoms with Crippen LogP contribution in [0, 0.1) is 0 Å². The standard InChI is InChI=1S/C27H39N7O/c1-35-17-5-14-28-23-12-15-33(16-13-23)20-21-8-10-24(11-9-21)31-27-29-18-22-19-30-34(26(22)32-27)25-6-3-2-4-7-25/h8-11,18-19,23,25,28H,2-7,12-17,20H2,1H3,(H,29,31,32). The Hall–Kier alpha value is -2.55. The number of benzene rings is 1. The molecular weight excluding hydrogens is 438 g/mol. The Labute approximate surface area is 208 Å². The Morgan fingerprint density at radius 1 is 1.00 bits per heavy atom. The molecule has 0 atom stereocenters. The summed E-state index contributed by atoms with van der Waals surface area (Å²) in [6.45, 7) is 5.17. The molecule has 0 unspecified atom stereocenters. The van der Waals surface area contributed by atoms with Gasteiger partial charge in [-0.3, -0.25) is 4.90 Å². The summed E-state index contributed by atoms with van der Waals surface area (Å²) in [6.07, 6.45) is 13.5. The van der Waals surface area contributed by atoms with Gasteiger partial charge in [0.05, 0.1) is 17.6 Å². The Bertz CT molecular complexity index is 1050. The average Bonchev–Trinajstić information content (AvgIpc) is 3.33. The van der Waals surface area contributed by atoms with Crippen LogP contribution in [0.2, 0.25) is 0 Å². The molecule has 1 aromatic carbocycles. The first-order valence-electron chi connectivity index (χ1n) is 13.3. The van der Waals surface area contributed by atoms with E-state index in [1.54, 1.807) is 7.11 Å². The summed E-state index contributed by atoms with van der Waals surface area (Å²) in [5.41, 5.74) is 3.28. The molecule has 0 bridgehead atoms. The van der Waals surface area contributed by atoms with Crippen LogP contribution in [0.1, 0.15) is 63.0 Å². The van der Waals surface area contributed by atoms with E-state index in [-0.39, 0.29) is 0 Å². The normalized spacial score (nSPS) is 18.3. The van der Waals surface area contributed by atoms with E-state index in [0.29, 0.717) is 18.0 Å². The van der Waals surface area contributed by atoms with E-state index in [9.17, 15) is 0 Å². The second kappa shape index (κ2) is 11.9. The number of nitrogens with zero attached hydrogens (tertiary/aromatic N) is 5. The van der Waals surface area contributed by atoms with Gasteiger partial charge < -0.3 is 15.4 Å². The van der Waals surface area contributed by atoms with Crippen molar-refractivity contribution in [2.24, 2.45) is 0 Å². The van der Waals surface area contributed by atoms with Crippen molar-refractivity contribution in [3.05, 3.63) is 42.2 Å². The maximum absolute atomic E-state index is 5.13. The number of methoxy groups -OCH3 is 1. The number of likely N-dealkylation sites (tertiary alicyclic amines) is 1. The molecule has 1 saturated carbocycles. The van der Waals surface area contributed by atoms with Gasteiger partial charge in [0.15, 0.2) is 5.65 Å². The number of fused-ring (bicyclic) bond motifs is 1. The van der Waals surface area contributed by atoms with Crippen molar-refractivity contribution in [3.8, 4) is 0 Å².